The second-order valence-corrected chi connectivity index (χ2v) is 7.31. The molecular formula is C21H24N2O4S. The molecule has 1 N–H and O–H groups in total. The Hall–Kier alpha value is -2.80. The first kappa shape index (κ1) is 19.9. The minimum Gasteiger partial charge on any atom is -0.495 e. The molecule has 1 amide bonds. The Bertz CT molecular complexity index is 1010. The first-order valence-electron chi connectivity index (χ1n) is 9.21. The van der Waals surface area contributed by atoms with Gasteiger partial charge in [0.1, 0.15) is 22.3 Å². The van der Waals surface area contributed by atoms with Crippen molar-refractivity contribution in [1.29, 1.82) is 0 Å². The summed E-state index contributed by atoms with van der Waals surface area (Å²) in [7, 11) is 1.57. The standard InChI is InChI=1S/C21H24N2O4S/c1-5-16(19(24)22-15-11-13(3)7-8-18(15)26-4)23-17(21(25)27-6-2)12-14-9-10-28-20(14)23/h7-12,16H,5-6H2,1-4H3,(H,22,24)/t16-/m0/s1. The van der Waals surface area contributed by atoms with Gasteiger partial charge in [-0.15, -0.1) is 11.3 Å². The maximum absolute atomic E-state index is 13.2. The van der Waals surface area contributed by atoms with E-state index >= 15 is 0 Å². The highest BCUT2D eigenvalue weighted by molar-refractivity contribution is 7.16. The number of thiophene rings is 1. The maximum Gasteiger partial charge on any atom is 0.355 e. The monoisotopic (exact) mass is 400 g/mol. The predicted octanol–water partition coefficient (Wildman–Crippen LogP) is 4.79. The fraction of sp³-hybridized carbons (Fsp3) is 0.333. The van der Waals surface area contributed by atoms with E-state index in [1.165, 1.54) is 11.3 Å². The summed E-state index contributed by atoms with van der Waals surface area (Å²) in [6, 6.07) is 8.78. The summed E-state index contributed by atoms with van der Waals surface area (Å²) in [6.45, 7) is 5.92. The molecule has 1 aromatic carbocycles. The smallest absolute Gasteiger partial charge is 0.355 e. The highest BCUT2D eigenvalue weighted by Gasteiger charge is 2.27. The van der Waals surface area contributed by atoms with Crippen LogP contribution in [0.3, 0.4) is 0 Å². The number of amides is 1. The summed E-state index contributed by atoms with van der Waals surface area (Å²) in [4.78, 5) is 26.6. The van der Waals surface area contributed by atoms with Crippen LogP contribution in [0.2, 0.25) is 0 Å². The average Bonchev–Trinajstić information content (AvgIpc) is 3.25. The van der Waals surface area contributed by atoms with Gasteiger partial charge in [-0.25, -0.2) is 4.79 Å². The number of ether oxygens (including phenoxy) is 2. The van der Waals surface area contributed by atoms with Crippen LogP contribution in [0, 0.1) is 6.92 Å². The zero-order valence-electron chi connectivity index (χ0n) is 16.4. The number of nitrogens with one attached hydrogen (secondary N) is 1. The summed E-state index contributed by atoms with van der Waals surface area (Å²) < 4.78 is 12.4. The number of nitrogens with zero attached hydrogens (tertiary/aromatic N) is 1. The van der Waals surface area contributed by atoms with E-state index in [9.17, 15) is 9.59 Å². The van der Waals surface area contributed by atoms with Gasteiger partial charge in [0.15, 0.2) is 0 Å². The summed E-state index contributed by atoms with van der Waals surface area (Å²) in [5.74, 6) is -0.0404. The van der Waals surface area contributed by atoms with Gasteiger partial charge < -0.3 is 19.4 Å². The van der Waals surface area contributed by atoms with Gasteiger partial charge in [-0.2, -0.15) is 0 Å². The molecule has 3 rings (SSSR count). The van der Waals surface area contributed by atoms with E-state index in [4.69, 9.17) is 9.47 Å². The fourth-order valence-corrected chi connectivity index (χ4v) is 4.18. The average molecular weight is 401 g/mol. The normalized spacial score (nSPS) is 12.0. The van der Waals surface area contributed by atoms with E-state index in [0.29, 0.717) is 23.6 Å². The molecule has 0 bridgehead atoms. The molecule has 0 fully saturated rings. The Balaban J connectivity index is 2.00. The molecule has 6 nitrogen and oxygen atoms in total. The molecule has 0 saturated carbocycles. The molecule has 0 aliphatic heterocycles. The number of anilines is 1. The Morgan fingerprint density at radius 3 is 2.68 bits per heavy atom. The number of rotatable bonds is 7. The number of hydrogen-bond acceptors (Lipinski definition) is 5. The zero-order valence-corrected chi connectivity index (χ0v) is 17.3. The van der Waals surface area contributed by atoms with Crippen molar-refractivity contribution in [2.75, 3.05) is 19.0 Å². The number of benzene rings is 1. The molecule has 148 valence electrons. The van der Waals surface area contributed by atoms with Crippen molar-refractivity contribution >= 4 is 39.1 Å². The summed E-state index contributed by atoms with van der Waals surface area (Å²) in [6.07, 6.45) is 0.522. The van der Waals surface area contributed by atoms with Gasteiger partial charge in [0.2, 0.25) is 5.91 Å². The van der Waals surface area contributed by atoms with Gasteiger partial charge in [0, 0.05) is 5.39 Å². The molecule has 1 atom stereocenters. The van der Waals surface area contributed by atoms with Crippen molar-refractivity contribution < 1.29 is 19.1 Å². The number of carbonyl (C=O) groups is 2. The van der Waals surface area contributed by atoms with Crippen molar-refractivity contribution in [3.8, 4) is 5.75 Å². The lowest BCUT2D eigenvalue weighted by Gasteiger charge is -2.21. The Labute approximate surface area is 168 Å². The van der Waals surface area contributed by atoms with E-state index in [2.05, 4.69) is 5.32 Å². The summed E-state index contributed by atoms with van der Waals surface area (Å²) in [5.41, 5.74) is 2.01. The Morgan fingerprint density at radius 1 is 1.21 bits per heavy atom. The molecule has 0 aliphatic carbocycles. The van der Waals surface area contributed by atoms with E-state index in [1.54, 1.807) is 24.7 Å². The number of carbonyl (C=O) groups excluding carboxylic acids is 2. The highest BCUT2D eigenvalue weighted by atomic mass is 32.1. The van der Waals surface area contributed by atoms with E-state index in [1.807, 2.05) is 43.5 Å². The number of aryl methyl sites for hydroxylation is 1. The second kappa shape index (κ2) is 8.48. The topological polar surface area (TPSA) is 69.6 Å². The molecule has 0 saturated heterocycles. The lowest BCUT2D eigenvalue weighted by atomic mass is 10.1. The first-order chi connectivity index (χ1) is 13.5. The number of fused-ring (bicyclic) bond motifs is 1. The van der Waals surface area contributed by atoms with Crippen LogP contribution in [0.25, 0.3) is 10.2 Å². The largest absolute Gasteiger partial charge is 0.495 e. The SMILES string of the molecule is CCOC(=O)c1cc2ccsc2n1[C@@H](CC)C(=O)Nc1cc(C)ccc1OC. The van der Waals surface area contributed by atoms with Crippen LogP contribution in [0.15, 0.2) is 35.7 Å². The van der Waals surface area contributed by atoms with Crippen LogP contribution in [0.4, 0.5) is 5.69 Å². The van der Waals surface area contributed by atoms with Crippen molar-refractivity contribution in [3.05, 3.63) is 47.0 Å². The van der Waals surface area contributed by atoms with Crippen molar-refractivity contribution in [2.45, 2.75) is 33.2 Å². The zero-order chi connectivity index (χ0) is 20.3. The van der Waals surface area contributed by atoms with E-state index < -0.39 is 12.0 Å². The quantitative estimate of drug-likeness (QED) is 0.579. The van der Waals surface area contributed by atoms with Crippen LogP contribution in [0.1, 0.15) is 42.4 Å². The fourth-order valence-electron chi connectivity index (χ4n) is 3.24. The number of aromatic nitrogens is 1. The molecular weight excluding hydrogens is 376 g/mol. The third-order valence-electron chi connectivity index (χ3n) is 4.54. The molecule has 0 spiro atoms. The molecule has 0 aliphatic rings. The van der Waals surface area contributed by atoms with Crippen LogP contribution in [-0.4, -0.2) is 30.2 Å². The molecule has 3 aromatic rings. The third-order valence-corrected chi connectivity index (χ3v) is 5.47. The van der Waals surface area contributed by atoms with Crippen LogP contribution in [-0.2, 0) is 9.53 Å². The number of esters is 1. The van der Waals surface area contributed by atoms with Gasteiger partial charge in [-0.05, 0) is 55.5 Å². The number of hydrogen-bond donors (Lipinski definition) is 1. The Kier molecular flexibility index (Phi) is 6.04. The van der Waals surface area contributed by atoms with Gasteiger partial charge in [0.25, 0.3) is 0 Å². The third kappa shape index (κ3) is 3.75. The molecule has 2 heterocycles. The Morgan fingerprint density at radius 2 is 2.00 bits per heavy atom. The molecule has 0 unspecified atom stereocenters. The van der Waals surface area contributed by atoms with Crippen molar-refractivity contribution in [1.82, 2.24) is 4.57 Å². The van der Waals surface area contributed by atoms with E-state index in [0.717, 1.165) is 15.8 Å². The second-order valence-electron chi connectivity index (χ2n) is 6.42. The van der Waals surface area contributed by atoms with Crippen LogP contribution < -0.4 is 10.1 Å². The number of methoxy groups -OCH3 is 1. The van der Waals surface area contributed by atoms with Gasteiger partial charge in [-0.1, -0.05) is 13.0 Å². The minimum absolute atomic E-state index is 0.206. The maximum atomic E-state index is 13.2. The molecule has 7 heteroatoms. The molecule has 0 radical (unpaired) electrons. The molecule has 2 aromatic heterocycles. The molecule has 28 heavy (non-hydrogen) atoms. The lowest BCUT2D eigenvalue weighted by molar-refractivity contribution is -0.119. The highest BCUT2D eigenvalue weighted by Crippen LogP contribution is 2.32. The lowest BCUT2D eigenvalue weighted by Crippen LogP contribution is -2.28. The summed E-state index contributed by atoms with van der Waals surface area (Å²) >= 11 is 1.50. The van der Waals surface area contributed by atoms with Crippen molar-refractivity contribution in [2.24, 2.45) is 0 Å². The van der Waals surface area contributed by atoms with Gasteiger partial charge >= 0.3 is 5.97 Å². The van der Waals surface area contributed by atoms with Crippen molar-refractivity contribution in [3.63, 3.8) is 0 Å². The minimum atomic E-state index is -0.555. The van der Waals surface area contributed by atoms with Crippen LogP contribution >= 0.6 is 11.3 Å². The summed E-state index contributed by atoms with van der Waals surface area (Å²) in [5, 5.41) is 5.84. The predicted molar refractivity (Wildman–Crippen MR) is 111 cm³/mol. The van der Waals surface area contributed by atoms with Crippen LogP contribution in [0.5, 0.6) is 5.75 Å². The van der Waals surface area contributed by atoms with Gasteiger partial charge in [-0.3, -0.25) is 4.79 Å². The van der Waals surface area contributed by atoms with Gasteiger partial charge in [0.05, 0.1) is 19.4 Å². The van der Waals surface area contributed by atoms with E-state index in [-0.39, 0.29) is 12.5 Å². The first-order valence-corrected chi connectivity index (χ1v) is 10.1.